The van der Waals surface area contributed by atoms with Gasteiger partial charge in [-0.25, -0.2) is 9.97 Å². The third-order valence-electron chi connectivity index (χ3n) is 10.2. The van der Waals surface area contributed by atoms with Gasteiger partial charge in [0.1, 0.15) is 5.82 Å². The molecule has 0 atom stereocenters. The van der Waals surface area contributed by atoms with Crippen LogP contribution in [0.25, 0.3) is 103 Å². The molecule has 11 aromatic rings. The van der Waals surface area contributed by atoms with Gasteiger partial charge < -0.3 is 0 Å². The summed E-state index contributed by atoms with van der Waals surface area (Å²) in [5, 5.41) is 12.5. The van der Waals surface area contributed by atoms with Crippen molar-refractivity contribution in [2.75, 3.05) is 0 Å². The predicted molar refractivity (Wildman–Crippen MR) is 213 cm³/mol. The van der Waals surface area contributed by atoms with Crippen LogP contribution in [0, 0.1) is 0 Å². The van der Waals surface area contributed by atoms with Crippen molar-refractivity contribution in [3.05, 3.63) is 164 Å². The molecule has 3 aromatic heterocycles. The van der Waals surface area contributed by atoms with E-state index in [1.807, 2.05) is 17.4 Å². The molecule has 0 saturated carbocycles. The smallest absolute Gasteiger partial charge is 0.162 e. The van der Waals surface area contributed by atoms with Gasteiger partial charge in [-0.05, 0) is 27.6 Å². The van der Waals surface area contributed by atoms with Crippen molar-refractivity contribution in [3.8, 4) is 28.5 Å². The molecule has 0 spiro atoms. The number of nitrogens with zero attached hydrogens (tertiary/aromatic N) is 3. The van der Waals surface area contributed by atoms with Crippen molar-refractivity contribution in [1.29, 1.82) is 0 Å². The number of rotatable bonds is 3. The van der Waals surface area contributed by atoms with Gasteiger partial charge in [-0.2, -0.15) is 0 Å². The van der Waals surface area contributed by atoms with Crippen LogP contribution in [0.1, 0.15) is 0 Å². The van der Waals surface area contributed by atoms with E-state index in [0.29, 0.717) is 5.82 Å². The Morgan fingerprint density at radius 2 is 0.920 bits per heavy atom. The van der Waals surface area contributed by atoms with E-state index >= 15 is 0 Å². The van der Waals surface area contributed by atoms with Crippen LogP contribution in [0.5, 0.6) is 0 Å². The van der Waals surface area contributed by atoms with Gasteiger partial charge in [-0.3, -0.25) is 4.57 Å². The number of hydrogen-bond donors (Lipinski definition) is 0. The average molecular weight is 654 g/mol. The van der Waals surface area contributed by atoms with E-state index in [4.69, 9.17) is 9.97 Å². The van der Waals surface area contributed by atoms with Crippen molar-refractivity contribution in [3.63, 3.8) is 0 Å². The van der Waals surface area contributed by atoms with Gasteiger partial charge in [0.2, 0.25) is 0 Å². The lowest BCUT2D eigenvalue weighted by Gasteiger charge is -2.14. The molecule has 3 heterocycles. The normalized spacial score (nSPS) is 12.0. The average Bonchev–Trinajstić information content (AvgIpc) is 3.76. The standard InChI is InChI=1S/C46H27N3S/c1-3-15-28(16-4-1)37-27-39(48-46(47-37)29-17-5-2-6-18-29)49-43-34-23-11-8-20-31(34)30-19-7-9-21-32(30)40(43)41-33-22-10-12-24-35(33)45-42(44(41)49)36-25-13-14-26-38(36)50-45/h1-27H. The Labute approximate surface area is 291 Å². The minimum Gasteiger partial charge on any atom is -0.292 e. The van der Waals surface area contributed by atoms with Crippen LogP contribution in [0.2, 0.25) is 0 Å². The van der Waals surface area contributed by atoms with Gasteiger partial charge in [-0.1, -0.05) is 152 Å². The van der Waals surface area contributed by atoms with E-state index in [0.717, 1.165) is 22.6 Å². The molecule has 3 nitrogen and oxygen atoms in total. The SMILES string of the molecule is c1ccc(-c2cc(-n3c4c5ccccc5c5ccccc5c4c4c5ccccc5c5sc6ccccc6c5c43)nc(-c3ccccc3)n2)cc1. The van der Waals surface area contributed by atoms with Gasteiger partial charge in [0.05, 0.1) is 16.7 Å². The molecule has 0 amide bonds. The van der Waals surface area contributed by atoms with Crippen LogP contribution in [0.15, 0.2) is 164 Å². The maximum atomic E-state index is 5.47. The zero-order valence-corrected chi connectivity index (χ0v) is 27.7. The predicted octanol–water partition coefficient (Wildman–Crippen LogP) is 12.7. The third kappa shape index (κ3) is 3.85. The summed E-state index contributed by atoms with van der Waals surface area (Å²) in [5.41, 5.74) is 5.28. The molecular weight excluding hydrogens is 627 g/mol. The zero-order valence-electron chi connectivity index (χ0n) is 26.8. The lowest BCUT2D eigenvalue weighted by Crippen LogP contribution is -2.03. The molecule has 11 rings (SSSR count). The highest BCUT2D eigenvalue weighted by Crippen LogP contribution is 2.50. The Balaban J connectivity index is 1.46. The van der Waals surface area contributed by atoms with E-state index in [9.17, 15) is 0 Å². The lowest BCUT2D eigenvalue weighted by molar-refractivity contribution is 1.05. The molecule has 8 aromatic carbocycles. The molecule has 0 aliphatic carbocycles. The van der Waals surface area contributed by atoms with Crippen molar-refractivity contribution in [2.45, 2.75) is 0 Å². The third-order valence-corrected chi connectivity index (χ3v) is 11.4. The number of thiophene rings is 1. The molecule has 0 saturated heterocycles. The summed E-state index contributed by atoms with van der Waals surface area (Å²) in [6.07, 6.45) is 0. The number of benzene rings is 8. The fourth-order valence-electron chi connectivity index (χ4n) is 8.07. The van der Waals surface area contributed by atoms with E-state index in [2.05, 4.69) is 162 Å². The van der Waals surface area contributed by atoms with Crippen LogP contribution >= 0.6 is 11.3 Å². The van der Waals surface area contributed by atoms with Crippen molar-refractivity contribution in [1.82, 2.24) is 14.5 Å². The van der Waals surface area contributed by atoms with E-state index in [1.165, 1.54) is 74.3 Å². The molecule has 0 radical (unpaired) electrons. The first-order chi connectivity index (χ1) is 24.8. The van der Waals surface area contributed by atoms with Gasteiger partial charge >= 0.3 is 0 Å². The van der Waals surface area contributed by atoms with Gasteiger partial charge in [0.15, 0.2) is 5.82 Å². The summed E-state index contributed by atoms with van der Waals surface area (Å²) in [6, 6.07) is 58.6. The maximum absolute atomic E-state index is 5.47. The molecule has 50 heavy (non-hydrogen) atoms. The molecule has 4 heteroatoms. The highest BCUT2D eigenvalue weighted by molar-refractivity contribution is 7.27. The summed E-state index contributed by atoms with van der Waals surface area (Å²) < 4.78 is 5.05. The summed E-state index contributed by atoms with van der Waals surface area (Å²) in [5.74, 6) is 1.55. The first kappa shape index (κ1) is 27.6. The second kappa shape index (κ2) is 10.6. The Kier molecular flexibility index (Phi) is 5.83. The highest BCUT2D eigenvalue weighted by atomic mass is 32.1. The highest BCUT2D eigenvalue weighted by Gasteiger charge is 2.26. The van der Waals surface area contributed by atoms with Crippen LogP contribution in [0.3, 0.4) is 0 Å². The quantitative estimate of drug-likeness (QED) is 0.178. The van der Waals surface area contributed by atoms with E-state index < -0.39 is 0 Å². The second-order valence-electron chi connectivity index (χ2n) is 12.9. The fourth-order valence-corrected chi connectivity index (χ4v) is 9.31. The first-order valence-corrected chi connectivity index (χ1v) is 17.7. The van der Waals surface area contributed by atoms with E-state index in [1.54, 1.807) is 0 Å². The van der Waals surface area contributed by atoms with Gasteiger partial charge in [-0.15, -0.1) is 11.3 Å². The molecule has 0 aliphatic rings. The van der Waals surface area contributed by atoms with Crippen LogP contribution in [-0.2, 0) is 0 Å². The minimum absolute atomic E-state index is 0.703. The molecule has 0 N–H and O–H groups in total. The minimum atomic E-state index is 0.703. The van der Waals surface area contributed by atoms with Crippen molar-refractivity contribution >= 4 is 85.6 Å². The van der Waals surface area contributed by atoms with Gasteiger partial charge in [0.25, 0.3) is 0 Å². The second-order valence-corrected chi connectivity index (χ2v) is 13.9. The van der Waals surface area contributed by atoms with Crippen molar-refractivity contribution < 1.29 is 0 Å². The summed E-state index contributed by atoms with van der Waals surface area (Å²) >= 11 is 1.88. The fraction of sp³-hybridized carbons (Fsp3) is 0. The molecule has 0 bridgehead atoms. The van der Waals surface area contributed by atoms with E-state index in [-0.39, 0.29) is 0 Å². The lowest BCUT2D eigenvalue weighted by atomic mass is 9.94. The molecule has 232 valence electrons. The monoisotopic (exact) mass is 653 g/mol. The molecule has 0 aliphatic heterocycles. The molecule has 0 fully saturated rings. The number of fused-ring (bicyclic) bond motifs is 15. The van der Waals surface area contributed by atoms with Crippen molar-refractivity contribution in [2.24, 2.45) is 0 Å². The molecular formula is C46H27N3S. The first-order valence-electron chi connectivity index (χ1n) is 16.9. The summed E-state index contributed by atoms with van der Waals surface area (Å²) in [7, 11) is 0. The Hall–Kier alpha value is -6.36. The van der Waals surface area contributed by atoms with Crippen LogP contribution in [0.4, 0.5) is 0 Å². The van der Waals surface area contributed by atoms with Crippen LogP contribution < -0.4 is 0 Å². The van der Waals surface area contributed by atoms with Crippen LogP contribution in [-0.4, -0.2) is 14.5 Å². The zero-order chi connectivity index (χ0) is 32.8. The number of aromatic nitrogens is 3. The Morgan fingerprint density at radius 1 is 0.400 bits per heavy atom. The number of hydrogen-bond acceptors (Lipinski definition) is 3. The largest absolute Gasteiger partial charge is 0.292 e. The Bertz CT molecular complexity index is 3080. The molecule has 0 unspecified atom stereocenters. The van der Waals surface area contributed by atoms with Gasteiger partial charge in [0, 0.05) is 58.9 Å². The Morgan fingerprint density at radius 3 is 1.64 bits per heavy atom. The topological polar surface area (TPSA) is 30.7 Å². The summed E-state index contributed by atoms with van der Waals surface area (Å²) in [6.45, 7) is 0. The summed E-state index contributed by atoms with van der Waals surface area (Å²) in [4.78, 5) is 10.7. The maximum Gasteiger partial charge on any atom is 0.162 e.